The van der Waals surface area contributed by atoms with Crippen LogP contribution in [-0.2, 0) is 6.54 Å². The summed E-state index contributed by atoms with van der Waals surface area (Å²) in [6.45, 7) is 4.26. The van der Waals surface area contributed by atoms with Gasteiger partial charge in [-0.2, -0.15) is 0 Å². The molecule has 0 bridgehead atoms. The maximum Gasteiger partial charge on any atom is 0.330 e. The standard InChI is InChI=1S/C14H19N5O2/c1-3-8-19-12(15)11(13(20)18-14(19)21)17-9(2)10-6-4-5-7-16-10/h4-7,9,17H,3,8,15H2,1-2H3,(H,18,20,21). The van der Waals surface area contributed by atoms with Crippen LogP contribution in [0.2, 0.25) is 0 Å². The van der Waals surface area contributed by atoms with E-state index in [-0.39, 0.29) is 17.5 Å². The fourth-order valence-corrected chi connectivity index (χ4v) is 2.10. The highest BCUT2D eigenvalue weighted by Gasteiger charge is 2.15. The summed E-state index contributed by atoms with van der Waals surface area (Å²) in [5.41, 5.74) is 5.92. The minimum Gasteiger partial charge on any atom is -0.383 e. The number of anilines is 2. The topological polar surface area (TPSA) is 106 Å². The van der Waals surface area contributed by atoms with Gasteiger partial charge in [-0.25, -0.2) is 4.79 Å². The maximum atomic E-state index is 12.0. The highest BCUT2D eigenvalue weighted by Crippen LogP contribution is 2.18. The Morgan fingerprint density at radius 2 is 2.19 bits per heavy atom. The highest BCUT2D eigenvalue weighted by molar-refractivity contribution is 5.61. The number of pyridine rings is 1. The van der Waals surface area contributed by atoms with Gasteiger partial charge in [-0.3, -0.25) is 19.3 Å². The Bertz CT molecular complexity index is 720. The van der Waals surface area contributed by atoms with Crippen LogP contribution in [0, 0.1) is 0 Å². The van der Waals surface area contributed by atoms with Crippen LogP contribution < -0.4 is 22.3 Å². The van der Waals surface area contributed by atoms with Gasteiger partial charge in [0, 0.05) is 12.7 Å². The summed E-state index contributed by atoms with van der Waals surface area (Å²) in [6, 6.07) is 5.33. The molecule has 0 radical (unpaired) electrons. The largest absolute Gasteiger partial charge is 0.383 e. The number of rotatable bonds is 5. The molecule has 1 atom stereocenters. The minimum atomic E-state index is -0.521. The molecule has 0 saturated heterocycles. The number of hydrogen-bond acceptors (Lipinski definition) is 5. The van der Waals surface area contributed by atoms with Gasteiger partial charge in [-0.1, -0.05) is 13.0 Å². The van der Waals surface area contributed by atoms with Gasteiger partial charge in [0.2, 0.25) is 0 Å². The molecule has 2 rings (SSSR count). The van der Waals surface area contributed by atoms with Gasteiger partial charge >= 0.3 is 5.69 Å². The lowest BCUT2D eigenvalue weighted by Crippen LogP contribution is -2.34. The predicted octanol–water partition coefficient (Wildman–Crippen LogP) is 1.10. The van der Waals surface area contributed by atoms with Gasteiger partial charge in [0.05, 0.1) is 11.7 Å². The summed E-state index contributed by atoms with van der Waals surface area (Å²) < 4.78 is 1.36. The number of aromatic amines is 1. The second kappa shape index (κ2) is 6.25. The first kappa shape index (κ1) is 14.8. The molecule has 0 amide bonds. The molecule has 7 nitrogen and oxygen atoms in total. The minimum absolute atomic E-state index is 0.147. The second-order valence-electron chi connectivity index (χ2n) is 4.79. The number of nitrogens with zero attached hydrogens (tertiary/aromatic N) is 2. The van der Waals surface area contributed by atoms with E-state index in [2.05, 4.69) is 15.3 Å². The number of hydrogen-bond donors (Lipinski definition) is 3. The lowest BCUT2D eigenvalue weighted by Gasteiger charge is -2.17. The van der Waals surface area contributed by atoms with Crippen LogP contribution in [0.25, 0.3) is 0 Å². The lowest BCUT2D eigenvalue weighted by atomic mass is 10.2. The third kappa shape index (κ3) is 3.13. The number of nitrogens with two attached hydrogens (primary N) is 1. The van der Waals surface area contributed by atoms with Crippen LogP contribution in [-0.4, -0.2) is 14.5 Å². The Hall–Kier alpha value is -2.57. The van der Waals surface area contributed by atoms with Crippen molar-refractivity contribution in [1.29, 1.82) is 0 Å². The van der Waals surface area contributed by atoms with Crippen molar-refractivity contribution in [3.63, 3.8) is 0 Å². The molecular weight excluding hydrogens is 270 g/mol. The van der Waals surface area contributed by atoms with E-state index in [4.69, 9.17) is 5.73 Å². The van der Waals surface area contributed by atoms with E-state index < -0.39 is 11.2 Å². The number of nitrogen functional groups attached to an aromatic ring is 1. The van der Waals surface area contributed by atoms with Crippen LogP contribution in [0.15, 0.2) is 34.0 Å². The normalized spacial score (nSPS) is 12.1. The summed E-state index contributed by atoms with van der Waals surface area (Å²) in [7, 11) is 0. The maximum absolute atomic E-state index is 12.0. The second-order valence-corrected chi connectivity index (χ2v) is 4.79. The van der Waals surface area contributed by atoms with Crippen molar-refractivity contribution < 1.29 is 0 Å². The Kier molecular flexibility index (Phi) is 4.42. The molecule has 0 aliphatic rings. The third-order valence-electron chi connectivity index (χ3n) is 3.18. The van der Waals surface area contributed by atoms with Gasteiger partial charge in [0.1, 0.15) is 11.5 Å². The smallest absolute Gasteiger partial charge is 0.330 e. The molecule has 0 aliphatic heterocycles. The monoisotopic (exact) mass is 289 g/mol. The fraction of sp³-hybridized carbons (Fsp3) is 0.357. The van der Waals surface area contributed by atoms with E-state index in [0.29, 0.717) is 6.54 Å². The molecule has 2 aromatic rings. The summed E-state index contributed by atoms with van der Waals surface area (Å²) in [6.07, 6.45) is 2.42. The van der Waals surface area contributed by atoms with Crippen molar-refractivity contribution in [3.05, 3.63) is 50.9 Å². The van der Waals surface area contributed by atoms with Crippen molar-refractivity contribution in [3.8, 4) is 0 Å². The summed E-state index contributed by atoms with van der Waals surface area (Å²) >= 11 is 0. The molecule has 112 valence electrons. The Balaban J connectivity index is 2.38. The average Bonchev–Trinajstić information content (AvgIpc) is 2.48. The summed E-state index contributed by atoms with van der Waals surface area (Å²) in [5.74, 6) is 0.147. The first-order valence-electron chi connectivity index (χ1n) is 6.84. The molecule has 2 aromatic heterocycles. The molecule has 0 aliphatic carbocycles. The molecule has 2 heterocycles. The van der Waals surface area contributed by atoms with E-state index in [1.165, 1.54) is 4.57 Å². The third-order valence-corrected chi connectivity index (χ3v) is 3.18. The van der Waals surface area contributed by atoms with Crippen LogP contribution >= 0.6 is 0 Å². The average molecular weight is 289 g/mol. The zero-order valence-corrected chi connectivity index (χ0v) is 12.1. The van der Waals surface area contributed by atoms with Gasteiger partial charge in [0.25, 0.3) is 5.56 Å². The van der Waals surface area contributed by atoms with E-state index in [1.807, 2.05) is 32.0 Å². The molecule has 4 N–H and O–H groups in total. The summed E-state index contributed by atoms with van der Waals surface area (Å²) in [4.78, 5) is 30.2. The Morgan fingerprint density at radius 3 is 2.81 bits per heavy atom. The molecule has 7 heteroatoms. The first-order valence-corrected chi connectivity index (χ1v) is 6.84. The van der Waals surface area contributed by atoms with Crippen molar-refractivity contribution in [1.82, 2.24) is 14.5 Å². The molecular formula is C14H19N5O2. The van der Waals surface area contributed by atoms with Crippen LogP contribution in [0.5, 0.6) is 0 Å². The molecule has 0 aromatic carbocycles. The van der Waals surface area contributed by atoms with Crippen LogP contribution in [0.1, 0.15) is 32.0 Å². The van der Waals surface area contributed by atoms with Crippen molar-refractivity contribution in [2.24, 2.45) is 0 Å². The quantitative estimate of drug-likeness (QED) is 0.764. The van der Waals surface area contributed by atoms with Crippen molar-refractivity contribution >= 4 is 11.5 Å². The zero-order chi connectivity index (χ0) is 15.4. The predicted molar refractivity (Wildman–Crippen MR) is 82.3 cm³/mol. The zero-order valence-electron chi connectivity index (χ0n) is 12.1. The van der Waals surface area contributed by atoms with E-state index in [9.17, 15) is 9.59 Å². The Morgan fingerprint density at radius 1 is 1.43 bits per heavy atom. The van der Waals surface area contributed by atoms with Gasteiger partial charge in [-0.05, 0) is 25.5 Å². The summed E-state index contributed by atoms with van der Waals surface area (Å²) in [5, 5.41) is 3.03. The van der Waals surface area contributed by atoms with E-state index in [0.717, 1.165) is 12.1 Å². The Labute approximate surface area is 121 Å². The number of nitrogens with one attached hydrogen (secondary N) is 2. The van der Waals surface area contributed by atoms with Gasteiger partial charge in [-0.15, -0.1) is 0 Å². The molecule has 21 heavy (non-hydrogen) atoms. The van der Waals surface area contributed by atoms with Crippen LogP contribution in [0.3, 0.4) is 0 Å². The lowest BCUT2D eigenvalue weighted by molar-refractivity contribution is 0.641. The van der Waals surface area contributed by atoms with Crippen molar-refractivity contribution in [2.45, 2.75) is 32.9 Å². The SMILES string of the molecule is CCCn1c(N)c(NC(C)c2ccccn2)c(=O)[nH]c1=O. The van der Waals surface area contributed by atoms with Crippen LogP contribution in [0.4, 0.5) is 11.5 Å². The molecule has 0 fully saturated rings. The van der Waals surface area contributed by atoms with E-state index >= 15 is 0 Å². The van der Waals surface area contributed by atoms with Gasteiger partial charge in [0.15, 0.2) is 0 Å². The fourth-order valence-electron chi connectivity index (χ4n) is 2.10. The molecule has 1 unspecified atom stereocenters. The van der Waals surface area contributed by atoms with Crippen molar-refractivity contribution in [2.75, 3.05) is 11.1 Å². The van der Waals surface area contributed by atoms with E-state index in [1.54, 1.807) is 6.20 Å². The molecule has 0 saturated carbocycles. The van der Waals surface area contributed by atoms with Gasteiger partial charge < -0.3 is 11.1 Å². The highest BCUT2D eigenvalue weighted by atomic mass is 16.2. The molecule has 0 spiro atoms. The first-order chi connectivity index (χ1) is 10.0. The number of aromatic nitrogens is 3. The number of H-pyrrole nitrogens is 1.